The summed E-state index contributed by atoms with van der Waals surface area (Å²) in [6.07, 6.45) is 0. The van der Waals surface area contributed by atoms with Crippen LogP contribution in [0, 0.1) is 2.88 Å². The fraction of sp³-hybridized carbons (Fsp3) is 0. The molecule has 0 saturated heterocycles. The van der Waals surface area contributed by atoms with E-state index in [1.165, 1.54) is 29.4 Å². The van der Waals surface area contributed by atoms with Crippen LogP contribution < -0.4 is 0 Å². The van der Waals surface area contributed by atoms with Crippen LogP contribution in [0.2, 0.25) is 0 Å². The van der Waals surface area contributed by atoms with Crippen LogP contribution in [0.4, 0.5) is 0 Å². The van der Waals surface area contributed by atoms with Crippen molar-refractivity contribution in [3.05, 3.63) is 51.4 Å². The third-order valence-electron chi connectivity index (χ3n) is 3.38. The molecule has 0 radical (unpaired) electrons. The van der Waals surface area contributed by atoms with Crippen LogP contribution in [0.1, 0.15) is 0 Å². The van der Waals surface area contributed by atoms with Gasteiger partial charge in [-0.3, -0.25) is 0 Å². The van der Waals surface area contributed by atoms with Crippen LogP contribution in [0.5, 0.6) is 0 Å². The van der Waals surface area contributed by atoms with Crippen molar-refractivity contribution in [2.45, 2.75) is 0 Å². The van der Waals surface area contributed by atoms with Gasteiger partial charge in [0.25, 0.3) is 0 Å². The topological polar surface area (TPSA) is 17.8 Å². The van der Waals surface area contributed by atoms with Crippen molar-refractivity contribution < 1.29 is 0 Å². The summed E-state index contributed by atoms with van der Waals surface area (Å²) >= 11 is 4.92. The van der Waals surface area contributed by atoms with Gasteiger partial charge in [0.05, 0.1) is 0 Å². The molecule has 0 unspecified atom stereocenters. The molecule has 4 aromatic rings. The van der Waals surface area contributed by atoms with Gasteiger partial charge in [-0.2, -0.15) is 0 Å². The molecule has 0 aliphatic carbocycles. The second-order valence-corrected chi connectivity index (χ2v) is 9.45. The fourth-order valence-corrected chi connectivity index (χ4v) is 5.75. The van der Waals surface area contributed by atoms with Crippen LogP contribution in [-0.2, 0) is 0 Å². The minimum absolute atomic E-state index is 0.700. The molecule has 2 nitrogen and oxygen atoms in total. The number of aromatic nitrogens is 2. The van der Waals surface area contributed by atoms with E-state index in [0.29, 0.717) is 26.1 Å². The second kappa shape index (κ2) is 5.06. The predicted octanol–water partition coefficient (Wildman–Crippen LogP) is 4.45. The zero-order valence-corrected chi connectivity index (χ0v) is 17.8. The number of nitrogens with zero attached hydrogens (tertiary/aromatic N) is 2. The van der Waals surface area contributed by atoms with Gasteiger partial charge in [-0.05, 0) is 0 Å². The first-order valence-electron chi connectivity index (χ1n) is 6.15. The van der Waals surface area contributed by atoms with E-state index in [1.807, 2.05) is 11.3 Å². The number of thiophene rings is 1. The van der Waals surface area contributed by atoms with Gasteiger partial charge < -0.3 is 0 Å². The quantitative estimate of drug-likeness (QED) is 0.241. The molecule has 5 heteroatoms. The van der Waals surface area contributed by atoms with Crippen molar-refractivity contribution in [3.8, 4) is 11.3 Å². The zero-order valence-electron chi connectivity index (χ0n) is 10.4. The summed E-state index contributed by atoms with van der Waals surface area (Å²) in [6.45, 7) is 0. The van der Waals surface area contributed by atoms with Gasteiger partial charge in [-0.25, -0.2) is 0 Å². The molecule has 0 saturated carbocycles. The average molecular weight is 580 g/mol. The molecule has 2 heterocycles. The zero-order chi connectivity index (χ0) is 13.7. The summed E-state index contributed by atoms with van der Waals surface area (Å²) in [4.78, 5) is 1.31. The Bertz CT molecular complexity index is 942. The van der Waals surface area contributed by atoms with E-state index in [1.54, 1.807) is 0 Å². The number of rotatable bonds is 1. The van der Waals surface area contributed by atoms with Gasteiger partial charge in [0.15, 0.2) is 0 Å². The molecule has 2 aromatic heterocycles. The summed E-state index contributed by atoms with van der Waals surface area (Å²) in [5, 5.41) is 8.60. The SMILES string of the molecule is Ic1cc2c(-c3ccc4ccccc4c3)n[n]([Tl])c2s1. The molecule has 0 atom stereocenters. The first-order chi connectivity index (χ1) is 9.72. The average Bonchev–Trinajstić information content (AvgIpc) is 2.98. The van der Waals surface area contributed by atoms with Crippen molar-refractivity contribution in [1.82, 2.24) is 7.59 Å². The van der Waals surface area contributed by atoms with Crippen molar-refractivity contribution in [3.63, 3.8) is 0 Å². The van der Waals surface area contributed by atoms with Gasteiger partial charge in [0.1, 0.15) is 0 Å². The van der Waals surface area contributed by atoms with Gasteiger partial charge in [-0.1, -0.05) is 0 Å². The number of halogens is 1. The van der Waals surface area contributed by atoms with Gasteiger partial charge in [0, 0.05) is 0 Å². The van der Waals surface area contributed by atoms with E-state index in [2.05, 4.69) is 73.6 Å². The van der Waals surface area contributed by atoms with Crippen molar-refractivity contribution in [1.29, 1.82) is 0 Å². The molecular weight excluding hydrogens is 572 g/mol. The van der Waals surface area contributed by atoms with E-state index < -0.39 is 0 Å². The predicted molar refractivity (Wildman–Crippen MR) is 94.4 cm³/mol. The summed E-state index contributed by atoms with van der Waals surface area (Å²) in [6, 6.07) is 17.3. The Morgan fingerprint density at radius 3 is 2.70 bits per heavy atom. The minimum atomic E-state index is 0.700. The van der Waals surface area contributed by atoms with Crippen molar-refractivity contribution in [2.75, 3.05) is 0 Å². The summed E-state index contributed by atoms with van der Waals surface area (Å²) in [5.41, 5.74) is 2.33. The van der Waals surface area contributed by atoms with Crippen LogP contribution >= 0.6 is 33.9 Å². The Hall–Kier alpha value is -0.478. The van der Waals surface area contributed by atoms with Crippen molar-refractivity contribution in [2.24, 2.45) is 0 Å². The maximum absolute atomic E-state index is 4.77. The molecule has 0 spiro atoms. The van der Waals surface area contributed by atoms with Gasteiger partial charge >= 0.3 is 151 Å². The second-order valence-electron chi connectivity index (χ2n) is 4.62. The third kappa shape index (κ3) is 2.12. The Kier molecular flexibility index (Phi) is 3.34. The van der Waals surface area contributed by atoms with Crippen LogP contribution in [0.3, 0.4) is 0 Å². The van der Waals surface area contributed by atoms with Gasteiger partial charge in [0.2, 0.25) is 0 Å². The molecule has 0 N–H and O–H groups in total. The molecule has 20 heavy (non-hydrogen) atoms. The van der Waals surface area contributed by atoms with Crippen LogP contribution in [0.15, 0.2) is 48.5 Å². The van der Waals surface area contributed by atoms with Crippen LogP contribution in [0.25, 0.3) is 32.2 Å². The molecule has 4 rings (SSSR count). The van der Waals surface area contributed by atoms with Crippen molar-refractivity contribution >= 4 is 81.0 Å². The normalized spacial score (nSPS) is 11.4. The Balaban J connectivity index is 2.00. The molecule has 0 fully saturated rings. The van der Waals surface area contributed by atoms with E-state index in [4.69, 9.17) is 5.10 Å². The van der Waals surface area contributed by atoms with Crippen LogP contribution in [-0.4, -0.2) is 33.7 Å². The first-order valence-corrected chi connectivity index (χ1v) is 10.0. The van der Waals surface area contributed by atoms with E-state index >= 15 is 0 Å². The molecule has 94 valence electrons. The monoisotopic (exact) mass is 580 g/mol. The Labute approximate surface area is 150 Å². The molecule has 2 aromatic carbocycles. The van der Waals surface area contributed by atoms with E-state index in [9.17, 15) is 0 Å². The number of benzene rings is 2. The summed E-state index contributed by atoms with van der Waals surface area (Å²) < 4.78 is 3.47. The first kappa shape index (κ1) is 13.2. The summed E-state index contributed by atoms with van der Waals surface area (Å²) in [7, 11) is 0. The number of fused-ring (bicyclic) bond motifs is 2. The van der Waals surface area contributed by atoms with E-state index in [-0.39, 0.29) is 0 Å². The van der Waals surface area contributed by atoms with Gasteiger partial charge in [-0.15, -0.1) is 0 Å². The third-order valence-corrected chi connectivity index (χ3v) is 7.44. The van der Waals surface area contributed by atoms with E-state index in [0.717, 1.165) is 5.69 Å². The number of hydrogen-bond donors (Lipinski definition) is 0. The molecule has 0 bridgehead atoms. The molecule has 0 amide bonds. The fourth-order valence-electron chi connectivity index (χ4n) is 2.45. The Morgan fingerprint density at radius 1 is 1.05 bits per heavy atom. The maximum atomic E-state index is 4.77. The molecule has 0 aliphatic rings. The molecular formula is C15H8IN2STl. The standard InChI is InChI=1S/C15H8IN2S.Tl/c16-13-8-12-14(17-18-15(12)19-13)11-6-5-9-3-1-2-4-10(9)7-11;/h1-8H;/q-1;+1. The molecule has 0 aliphatic heterocycles. The Morgan fingerprint density at radius 2 is 1.85 bits per heavy atom. The summed E-state index contributed by atoms with van der Waals surface area (Å²) in [5.74, 6) is 0. The number of hydrogen-bond acceptors (Lipinski definition) is 2.